The fourth-order valence-corrected chi connectivity index (χ4v) is 2.13. The number of nitrogens with two attached hydrogens (primary N) is 1. The van der Waals surface area contributed by atoms with Crippen LogP contribution in [0.3, 0.4) is 0 Å². The molecule has 106 valence electrons. The van der Waals surface area contributed by atoms with E-state index in [1.165, 1.54) is 0 Å². The number of hydrogen-bond donors (Lipinski definition) is 2. The molecule has 0 saturated heterocycles. The van der Waals surface area contributed by atoms with Gasteiger partial charge in [-0.3, -0.25) is 5.84 Å². The molecule has 0 heterocycles. The maximum atomic E-state index is 5.70. The Labute approximate surface area is 119 Å². The third-order valence-corrected chi connectivity index (χ3v) is 3.12. The Hall–Kier alpha value is -2.04. The van der Waals surface area contributed by atoms with Crippen LogP contribution >= 0.6 is 0 Å². The first kappa shape index (κ1) is 14.4. The summed E-state index contributed by atoms with van der Waals surface area (Å²) >= 11 is 0. The van der Waals surface area contributed by atoms with Crippen molar-refractivity contribution in [2.75, 3.05) is 13.7 Å². The van der Waals surface area contributed by atoms with Crippen LogP contribution in [0.2, 0.25) is 0 Å². The van der Waals surface area contributed by atoms with E-state index in [9.17, 15) is 0 Å². The van der Waals surface area contributed by atoms with Crippen molar-refractivity contribution >= 4 is 0 Å². The quantitative estimate of drug-likeness (QED) is 0.627. The Morgan fingerprint density at radius 1 is 1.05 bits per heavy atom. The summed E-state index contributed by atoms with van der Waals surface area (Å²) < 4.78 is 10.7. The fraction of sp³-hybridized carbons (Fsp3) is 0.250. The average Bonchev–Trinajstić information content (AvgIpc) is 2.50. The second kappa shape index (κ2) is 6.93. The number of ether oxygens (including phenoxy) is 2. The predicted octanol–water partition coefficient (Wildman–Crippen LogP) is 2.65. The zero-order valence-electron chi connectivity index (χ0n) is 11.8. The van der Waals surface area contributed by atoms with E-state index in [1.807, 2.05) is 55.5 Å². The minimum Gasteiger partial charge on any atom is -0.497 e. The summed E-state index contributed by atoms with van der Waals surface area (Å²) in [5.41, 5.74) is 4.97. The number of methoxy groups -OCH3 is 1. The van der Waals surface area contributed by atoms with Crippen LogP contribution in [0.5, 0.6) is 11.5 Å². The van der Waals surface area contributed by atoms with E-state index in [-0.39, 0.29) is 6.04 Å². The van der Waals surface area contributed by atoms with E-state index < -0.39 is 0 Å². The summed E-state index contributed by atoms with van der Waals surface area (Å²) in [7, 11) is 1.65. The first-order valence-electron chi connectivity index (χ1n) is 6.61. The average molecular weight is 272 g/mol. The molecule has 0 aliphatic carbocycles. The van der Waals surface area contributed by atoms with Crippen molar-refractivity contribution in [1.82, 2.24) is 5.43 Å². The van der Waals surface area contributed by atoms with Gasteiger partial charge in [0.15, 0.2) is 0 Å². The Morgan fingerprint density at radius 3 is 2.40 bits per heavy atom. The lowest BCUT2D eigenvalue weighted by molar-refractivity contribution is 0.340. The highest BCUT2D eigenvalue weighted by molar-refractivity contribution is 5.38. The third kappa shape index (κ3) is 3.29. The highest BCUT2D eigenvalue weighted by atomic mass is 16.5. The molecule has 0 aliphatic rings. The van der Waals surface area contributed by atoms with E-state index >= 15 is 0 Å². The second-order valence-corrected chi connectivity index (χ2v) is 4.38. The van der Waals surface area contributed by atoms with Crippen LogP contribution in [0.25, 0.3) is 0 Å². The zero-order chi connectivity index (χ0) is 14.4. The second-order valence-electron chi connectivity index (χ2n) is 4.38. The molecule has 0 aliphatic heterocycles. The number of rotatable bonds is 6. The molecule has 0 amide bonds. The Bertz CT molecular complexity index is 540. The number of hydrazine groups is 1. The maximum Gasteiger partial charge on any atom is 0.119 e. The van der Waals surface area contributed by atoms with Crippen molar-refractivity contribution in [3.63, 3.8) is 0 Å². The molecule has 2 aromatic carbocycles. The molecule has 1 unspecified atom stereocenters. The Balaban J connectivity index is 2.26. The molecule has 0 spiro atoms. The van der Waals surface area contributed by atoms with E-state index in [1.54, 1.807) is 7.11 Å². The van der Waals surface area contributed by atoms with Gasteiger partial charge in [0.25, 0.3) is 0 Å². The topological polar surface area (TPSA) is 56.5 Å². The van der Waals surface area contributed by atoms with E-state index in [0.717, 1.165) is 22.6 Å². The van der Waals surface area contributed by atoms with Crippen LogP contribution < -0.4 is 20.7 Å². The van der Waals surface area contributed by atoms with Gasteiger partial charge in [0, 0.05) is 0 Å². The lowest BCUT2D eigenvalue weighted by atomic mass is 9.99. The minimum absolute atomic E-state index is 0.0826. The van der Waals surface area contributed by atoms with E-state index in [4.69, 9.17) is 15.3 Å². The van der Waals surface area contributed by atoms with Crippen molar-refractivity contribution in [2.24, 2.45) is 5.84 Å². The normalized spacial score (nSPS) is 11.9. The molecule has 2 rings (SSSR count). The van der Waals surface area contributed by atoms with Crippen LogP contribution in [0.15, 0.2) is 48.5 Å². The molecule has 2 aromatic rings. The Kier molecular flexibility index (Phi) is 4.98. The summed E-state index contributed by atoms with van der Waals surface area (Å²) in [5.74, 6) is 7.38. The molecular weight excluding hydrogens is 252 g/mol. The zero-order valence-corrected chi connectivity index (χ0v) is 11.8. The summed E-state index contributed by atoms with van der Waals surface area (Å²) in [4.78, 5) is 0. The van der Waals surface area contributed by atoms with Gasteiger partial charge >= 0.3 is 0 Å². The van der Waals surface area contributed by atoms with E-state index in [0.29, 0.717) is 6.61 Å². The van der Waals surface area contributed by atoms with Gasteiger partial charge in [0.2, 0.25) is 0 Å². The Morgan fingerprint density at radius 2 is 1.80 bits per heavy atom. The number of hydrogen-bond acceptors (Lipinski definition) is 4. The van der Waals surface area contributed by atoms with Gasteiger partial charge in [-0.05, 0) is 42.3 Å². The monoisotopic (exact) mass is 272 g/mol. The smallest absolute Gasteiger partial charge is 0.119 e. The van der Waals surface area contributed by atoms with Crippen molar-refractivity contribution in [2.45, 2.75) is 13.0 Å². The molecule has 4 nitrogen and oxygen atoms in total. The van der Waals surface area contributed by atoms with Crippen molar-refractivity contribution in [3.8, 4) is 11.5 Å². The van der Waals surface area contributed by atoms with Gasteiger partial charge in [-0.25, -0.2) is 5.43 Å². The van der Waals surface area contributed by atoms with Crippen LogP contribution in [-0.2, 0) is 0 Å². The van der Waals surface area contributed by atoms with Gasteiger partial charge in [-0.2, -0.15) is 0 Å². The van der Waals surface area contributed by atoms with Crippen LogP contribution in [0, 0.1) is 0 Å². The van der Waals surface area contributed by atoms with Gasteiger partial charge < -0.3 is 9.47 Å². The largest absolute Gasteiger partial charge is 0.497 e. The van der Waals surface area contributed by atoms with Crippen molar-refractivity contribution in [1.29, 1.82) is 0 Å². The summed E-state index contributed by atoms with van der Waals surface area (Å²) in [5, 5.41) is 0. The molecule has 0 fully saturated rings. The summed E-state index contributed by atoms with van der Waals surface area (Å²) in [6, 6.07) is 15.7. The molecule has 3 N–H and O–H groups in total. The van der Waals surface area contributed by atoms with Gasteiger partial charge in [-0.1, -0.05) is 24.3 Å². The molecule has 1 atom stereocenters. The highest BCUT2D eigenvalue weighted by Crippen LogP contribution is 2.26. The van der Waals surface area contributed by atoms with Gasteiger partial charge in [0.05, 0.1) is 19.8 Å². The summed E-state index contributed by atoms with van der Waals surface area (Å²) in [6.45, 7) is 2.63. The first-order chi connectivity index (χ1) is 9.78. The number of nitrogens with one attached hydrogen (secondary N) is 1. The maximum absolute atomic E-state index is 5.70. The standard InChI is InChI=1S/C16H20N2O2/c1-3-20-14-9-7-12(8-10-14)16(18-17)13-5-4-6-15(11-13)19-2/h4-11,16,18H,3,17H2,1-2H3. The van der Waals surface area contributed by atoms with Crippen LogP contribution in [0.4, 0.5) is 0 Å². The lowest BCUT2D eigenvalue weighted by Crippen LogP contribution is -2.28. The molecule has 20 heavy (non-hydrogen) atoms. The van der Waals surface area contributed by atoms with Crippen molar-refractivity contribution < 1.29 is 9.47 Å². The highest BCUT2D eigenvalue weighted by Gasteiger charge is 2.13. The molecule has 0 bridgehead atoms. The molecular formula is C16H20N2O2. The lowest BCUT2D eigenvalue weighted by Gasteiger charge is -2.18. The molecule has 0 saturated carbocycles. The van der Waals surface area contributed by atoms with E-state index in [2.05, 4.69) is 5.43 Å². The third-order valence-electron chi connectivity index (χ3n) is 3.12. The number of benzene rings is 2. The van der Waals surface area contributed by atoms with Crippen LogP contribution in [-0.4, -0.2) is 13.7 Å². The predicted molar refractivity (Wildman–Crippen MR) is 79.8 cm³/mol. The van der Waals surface area contributed by atoms with Crippen LogP contribution in [0.1, 0.15) is 24.1 Å². The SMILES string of the molecule is CCOc1ccc(C(NN)c2cccc(OC)c2)cc1. The van der Waals surface area contributed by atoms with Gasteiger partial charge in [-0.15, -0.1) is 0 Å². The van der Waals surface area contributed by atoms with Crippen molar-refractivity contribution in [3.05, 3.63) is 59.7 Å². The molecule has 0 radical (unpaired) electrons. The first-order valence-corrected chi connectivity index (χ1v) is 6.61. The molecule has 4 heteroatoms. The molecule has 0 aromatic heterocycles. The fourth-order valence-electron chi connectivity index (χ4n) is 2.13. The minimum atomic E-state index is -0.0826. The summed E-state index contributed by atoms with van der Waals surface area (Å²) in [6.07, 6.45) is 0. The van der Waals surface area contributed by atoms with Gasteiger partial charge in [0.1, 0.15) is 11.5 Å².